The van der Waals surface area contributed by atoms with Crippen molar-refractivity contribution in [2.45, 2.75) is 12.2 Å². The summed E-state index contributed by atoms with van der Waals surface area (Å²) < 4.78 is 28.3. The van der Waals surface area contributed by atoms with Crippen molar-refractivity contribution in [1.29, 1.82) is 0 Å². The van der Waals surface area contributed by atoms with Crippen LogP contribution in [0.4, 0.5) is 5.69 Å². The first kappa shape index (κ1) is 14.5. The fourth-order valence-corrected chi connectivity index (χ4v) is 3.04. The molecule has 0 aliphatic rings. The number of rotatable bonds is 6. The topological polar surface area (TPSA) is 90.0 Å². The molecule has 6 nitrogen and oxygen atoms in total. The Bertz CT molecular complexity index is 679. The summed E-state index contributed by atoms with van der Waals surface area (Å²) in [6.45, 7) is 0.329. The average Bonchev–Trinajstić information content (AvgIpc) is 2.74. The third kappa shape index (κ3) is 4.07. The Morgan fingerprint density at radius 3 is 2.85 bits per heavy atom. The molecular weight excluding hydrogens is 276 g/mol. The first-order valence-corrected chi connectivity index (χ1v) is 7.89. The van der Waals surface area contributed by atoms with Crippen LogP contribution in [0.2, 0.25) is 0 Å². The van der Waals surface area contributed by atoms with Gasteiger partial charge in [-0.05, 0) is 17.7 Å². The van der Waals surface area contributed by atoms with E-state index in [4.69, 9.17) is 5.73 Å². The Morgan fingerprint density at radius 2 is 2.20 bits per heavy atom. The third-order valence-corrected chi connectivity index (χ3v) is 4.26. The number of sulfonamides is 1. The number of anilines is 1. The van der Waals surface area contributed by atoms with E-state index in [2.05, 4.69) is 9.71 Å². The Kier molecular flexibility index (Phi) is 4.41. The van der Waals surface area contributed by atoms with E-state index in [1.807, 2.05) is 17.8 Å². The van der Waals surface area contributed by atoms with Crippen LogP contribution in [0.15, 0.2) is 36.7 Å². The summed E-state index contributed by atoms with van der Waals surface area (Å²) in [5.74, 6) is 0.773. The SMILES string of the molecule is Cn1ccnc1CCNS(=O)(=O)Cc1cccc(N)c1. The van der Waals surface area contributed by atoms with Crippen LogP contribution in [0.5, 0.6) is 0 Å². The molecule has 7 heteroatoms. The lowest BCUT2D eigenvalue weighted by Gasteiger charge is -2.07. The third-order valence-electron chi connectivity index (χ3n) is 2.90. The van der Waals surface area contributed by atoms with Gasteiger partial charge in [-0.15, -0.1) is 0 Å². The van der Waals surface area contributed by atoms with Crippen LogP contribution >= 0.6 is 0 Å². The highest BCUT2D eigenvalue weighted by molar-refractivity contribution is 7.88. The van der Waals surface area contributed by atoms with E-state index in [-0.39, 0.29) is 5.75 Å². The van der Waals surface area contributed by atoms with E-state index < -0.39 is 10.0 Å². The van der Waals surface area contributed by atoms with Crippen molar-refractivity contribution in [3.63, 3.8) is 0 Å². The minimum atomic E-state index is -3.36. The molecule has 2 aromatic rings. The van der Waals surface area contributed by atoms with Crippen LogP contribution in [-0.4, -0.2) is 24.5 Å². The fourth-order valence-electron chi connectivity index (χ4n) is 1.91. The molecule has 0 aliphatic carbocycles. The largest absolute Gasteiger partial charge is 0.399 e. The number of nitrogen functional groups attached to an aromatic ring is 1. The van der Waals surface area contributed by atoms with Gasteiger partial charge in [-0.3, -0.25) is 0 Å². The number of benzene rings is 1. The zero-order chi connectivity index (χ0) is 14.6. The summed E-state index contributed by atoms with van der Waals surface area (Å²) >= 11 is 0. The Labute approximate surface area is 118 Å². The van der Waals surface area contributed by atoms with Gasteiger partial charge in [0.25, 0.3) is 0 Å². The molecule has 20 heavy (non-hydrogen) atoms. The van der Waals surface area contributed by atoms with Crippen LogP contribution < -0.4 is 10.5 Å². The maximum absolute atomic E-state index is 11.9. The molecule has 3 N–H and O–H groups in total. The summed E-state index contributed by atoms with van der Waals surface area (Å²) in [6.07, 6.45) is 4.08. The van der Waals surface area contributed by atoms with E-state index in [0.717, 1.165) is 5.82 Å². The zero-order valence-electron chi connectivity index (χ0n) is 11.3. The van der Waals surface area contributed by atoms with Crippen molar-refractivity contribution in [1.82, 2.24) is 14.3 Å². The van der Waals surface area contributed by atoms with E-state index in [1.54, 1.807) is 30.5 Å². The molecule has 0 amide bonds. The Hall–Kier alpha value is -1.86. The van der Waals surface area contributed by atoms with Crippen LogP contribution in [0, 0.1) is 0 Å². The molecule has 2 rings (SSSR count). The minimum absolute atomic E-state index is 0.0708. The van der Waals surface area contributed by atoms with Gasteiger partial charge in [-0.2, -0.15) is 0 Å². The molecule has 108 valence electrons. The van der Waals surface area contributed by atoms with Crippen molar-refractivity contribution in [2.24, 2.45) is 7.05 Å². The number of nitrogens with one attached hydrogen (secondary N) is 1. The van der Waals surface area contributed by atoms with Crippen molar-refractivity contribution in [2.75, 3.05) is 12.3 Å². The van der Waals surface area contributed by atoms with Gasteiger partial charge in [0, 0.05) is 38.1 Å². The smallest absolute Gasteiger partial charge is 0.215 e. The lowest BCUT2D eigenvalue weighted by atomic mass is 10.2. The number of nitrogens with two attached hydrogens (primary N) is 1. The summed E-state index contributed by atoms with van der Waals surface area (Å²) in [6, 6.07) is 6.88. The molecule has 0 unspecified atom stereocenters. The number of hydrogen-bond donors (Lipinski definition) is 2. The maximum atomic E-state index is 11.9. The van der Waals surface area contributed by atoms with Crippen LogP contribution in [0.1, 0.15) is 11.4 Å². The van der Waals surface area contributed by atoms with E-state index in [9.17, 15) is 8.42 Å². The summed E-state index contributed by atoms with van der Waals surface area (Å²) in [7, 11) is -1.48. The molecule has 0 saturated carbocycles. The normalized spacial score (nSPS) is 11.7. The quantitative estimate of drug-likeness (QED) is 0.766. The predicted octanol–water partition coefficient (Wildman–Crippen LogP) is 0.664. The summed E-state index contributed by atoms with van der Waals surface area (Å²) in [5, 5.41) is 0. The zero-order valence-corrected chi connectivity index (χ0v) is 12.1. The molecule has 0 aliphatic heterocycles. The molecule has 0 fully saturated rings. The van der Waals surface area contributed by atoms with Gasteiger partial charge < -0.3 is 10.3 Å². The fraction of sp³-hybridized carbons (Fsp3) is 0.308. The molecule has 1 aromatic carbocycles. The number of hydrogen-bond acceptors (Lipinski definition) is 4. The molecule has 0 spiro atoms. The van der Waals surface area contributed by atoms with Crippen molar-refractivity contribution >= 4 is 15.7 Å². The van der Waals surface area contributed by atoms with Gasteiger partial charge in [-0.1, -0.05) is 12.1 Å². The van der Waals surface area contributed by atoms with Gasteiger partial charge in [0.2, 0.25) is 10.0 Å². The number of aryl methyl sites for hydroxylation is 1. The van der Waals surface area contributed by atoms with Crippen molar-refractivity contribution in [3.05, 3.63) is 48.0 Å². The van der Waals surface area contributed by atoms with Gasteiger partial charge >= 0.3 is 0 Å². The second-order valence-electron chi connectivity index (χ2n) is 4.60. The van der Waals surface area contributed by atoms with Crippen LogP contribution in [-0.2, 0) is 29.2 Å². The molecule has 0 saturated heterocycles. The minimum Gasteiger partial charge on any atom is -0.399 e. The first-order chi connectivity index (χ1) is 9.46. The lowest BCUT2D eigenvalue weighted by Crippen LogP contribution is -2.27. The van der Waals surface area contributed by atoms with E-state index in [0.29, 0.717) is 24.2 Å². The van der Waals surface area contributed by atoms with Crippen LogP contribution in [0.3, 0.4) is 0 Å². The first-order valence-electron chi connectivity index (χ1n) is 6.24. The summed E-state index contributed by atoms with van der Waals surface area (Å²) in [5.41, 5.74) is 6.87. The number of aromatic nitrogens is 2. The number of nitrogens with zero attached hydrogens (tertiary/aromatic N) is 2. The van der Waals surface area contributed by atoms with Gasteiger partial charge in [0.15, 0.2) is 0 Å². The monoisotopic (exact) mass is 294 g/mol. The van der Waals surface area contributed by atoms with Gasteiger partial charge in [0.05, 0.1) is 5.75 Å². The molecular formula is C13H18N4O2S. The van der Waals surface area contributed by atoms with Crippen molar-refractivity contribution in [3.8, 4) is 0 Å². The molecule has 1 heterocycles. The molecule has 1 aromatic heterocycles. The highest BCUT2D eigenvalue weighted by Gasteiger charge is 2.11. The molecule has 0 radical (unpaired) electrons. The maximum Gasteiger partial charge on any atom is 0.215 e. The molecule has 0 bridgehead atoms. The highest BCUT2D eigenvalue weighted by atomic mass is 32.2. The predicted molar refractivity (Wildman–Crippen MR) is 78.4 cm³/mol. The second kappa shape index (κ2) is 6.06. The Balaban J connectivity index is 1.90. The van der Waals surface area contributed by atoms with E-state index >= 15 is 0 Å². The van der Waals surface area contributed by atoms with Gasteiger partial charge in [0.1, 0.15) is 5.82 Å². The number of imidazole rings is 1. The average molecular weight is 294 g/mol. The highest BCUT2D eigenvalue weighted by Crippen LogP contribution is 2.09. The second-order valence-corrected chi connectivity index (χ2v) is 6.41. The van der Waals surface area contributed by atoms with Crippen molar-refractivity contribution < 1.29 is 8.42 Å². The summed E-state index contributed by atoms with van der Waals surface area (Å²) in [4.78, 5) is 4.14. The van der Waals surface area contributed by atoms with E-state index in [1.165, 1.54) is 0 Å². The standard InChI is InChI=1S/C13H18N4O2S/c1-17-8-7-15-13(17)5-6-16-20(18,19)10-11-3-2-4-12(14)9-11/h2-4,7-9,16H,5-6,10,14H2,1H3. The van der Waals surface area contributed by atoms with Crippen LogP contribution in [0.25, 0.3) is 0 Å². The van der Waals surface area contributed by atoms with Gasteiger partial charge in [-0.25, -0.2) is 18.1 Å². The molecule has 0 atom stereocenters. The Morgan fingerprint density at radius 1 is 1.40 bits per heavy atom. The lowest BCUT2D eigenvalue weighted by molar-refractivity contribution is 0.579.